The first-order valence-electron chi connectivity index (χ1n) is 11.8. The second-order valence-electron chi connectivity index (χ2n) is 8.67. The number of pyridine rings is 1. The van der Waals surface area contributed by atoms with Crippen molar-refractivity contribution in [1.82, 2.24) is 9.88 Å². The average molecular weight is 479 g/mol. The number of sulfone groups is 1. The normalized spacial score (nSPS) is 14.1. The summed E-state index contributed by atoms with van der Waals surface area (Å²) in [6.07, 6.45) is 8.37. The lowest BCUT2D eigenvalue weighted by Crippen LogP contribution is -2.35. The van der Waals surface area contributed by atoms with E-state index in [9.17, 15) is 18.0 Å². The maximum atomic E-state index is 13.4. The number of hydrogen-bond donors (Lipinski definition) is 1. The number of nitrogens with zero attached hydrogens (tertiary/aromatic N) is 1. The number of hydrogen-bond acceptors (Lipinski definition) is 4. The molecule has 1 N–H and O–H groups in total. The van der Waals surface area contributed by atoms with Crippen molar-refractivity contribution >= 4 is 26.6 Å². The molecule has 0 aliphatic heterocycles. The molecular formula is C27H30N2O4S. The van der Waals surface area contributed by atoms with Crippen molar-refractivity contribution in [3.8, 4) is 0 Å². The molecule has 2 aromatic carbocycles. The van der Waals surface area contributed by atoms with Crippen LogP contribution in [0.15, 0.2) is 80.8 Å². The third-order valence-corrected chi connectivity index (χ3v) is 8.10. The summed E-state index contributed by atoms with van der Waals surface area (Å²) in [5.74, 6) is -0.311. The predicted molar refractivity (Wildman–Crippen MR) is 134 cm³/mol. The SMILES string of the molecule is CCc1ccc2c(c1)cc(S(=O)(=O)c1ccccc1)c(=O)n2CC(=O)NCCC1=CCCCC1. The molecule has 178 valence electrons. The van der Waals surface area contributed by atoms with Crippen molar-refractivity contribution in [3.63, 3.8) is 0 Å². The van der Waals surface area contributed by atoms with Crippen LogP contribution in [0.3, 0.4) is 0 Å². The summed E-state index contributed by atoms with van der Waals surface area (Å²) in [4.78, 5) is 25.9. The van der Waals surface area contributed by atoms with E-state index in [2.05, 4.69) is 11.4 Å². The zero-order chi connectivity index (χ0) is 24.1. The Hall–Kier alpha value is -3.19. The van der Waals surface area contributed by atoms with Gasteiger partial charge in [-0.15, -0.1) is 0 Å². The molecule has 1 aromatic heterocycles. The fourth-order valence-corrected chi connectivity index (χ4v) is 5.79. The maximum absolute atomic E-state index is 13.4. The number of carbonyl (C=O) groups excluding carboxylic acids is 1. The second-order valence-corrected chi connectivity index (χ2v) is 10.6. The summed E-state index contributed by atoms with van der Waals surface area (Å²) in [6.45, 7) is 2.27. The molecular weight excluding hydrogens is 448 g/mol. The molecule has 0 spiro atoms. The highest BCUT2D eigenvalue weighted by Gasteiger charge is 2.24. The first-order chi connectivity index (χ1) is 16.4. The van der Waals surface area contributed by atoms with Crippen LogP contribution < -0.4 is 10.9 Å². The molecule has 1 amide bonds. The maximum Gasteiger partial charge on any atom is 0.270 e. The van der Waals surface area contributed by atoms with Crippen LogP contribution in [0.4, 0.5) is 0 Å². The van der Waals surface area contributed by atoms with Crippen LogP contribution in [0.1, 0.15) is 44.6 Å². The second kappa shape index (κ2) is 10.4. The topological polar surface area (TPSA) is 85.2 Å². The Morgan fingerprint density at radius 3 is 2.56 bits per heavy atom. The lowest BCUT2D eigenvalue weighted by atomic mass is 9.97. The Labute approximate surface area is 200 Å². The summed E-state index contributed by atoms with van der Waals surface area (Å²) in [6, 6.07) is 14.9. The molecule has 0 unspecified atom stereocenters. The van der Waals surface area contributed by atoms with Gasteiger partial charge in [-0.25, -0.2) is 8.42 Å². The fraction of sp³-hybridized carbons (Fsp3) is 0.333. The summed E-state index contributed by atoms with van der Waals surface area (Å²) >= 11 is 0. The van der Waals surface area contributed by atoms with Crippen LogP contribution in [-0.2, 0) is 27.6 Å². The molecule has 0 radical (unpaired) electrons. The third kappa shape index (κ3) is 5.14. The largest absolute Gasteiger partial charge is 0.354 e. The van der Waals surface area contributed by atoms with E-state index >= 15 is 0 Å². The number of amides is 1. The van der Waals surface area contributed by atoms with Gasteiger partial charge >= 0.3 is 0 Å². The van der Waals surface area contributed by atoms with Crippen molar-refractivity contribution in [3.05, 3.63) is 82.2 Å². The van der Waals surface area contributed by atoms with E-state index in [1.54, 1.807) is 24.3 Å². The van der Waals surface area contributed by atoms with Gasteiger partial charge in [0.15, 0.2) is 0 Å². The predicted octanol–water partition coefficient (Wildman–Crippen LogP) is 4.40. The molecule has 0 fully saturated rings. The van der Waals surface area contributed by atoms with E-state index < -0.39 is 15.4 Å². The fourth-order valence-electron chi connectivity index (χ4n) is 4.40. The minimum atomic E-state index is -4.04. The highest BCUT2D eigenvalue weighted by Crippen LogP contribution is 2.23. The lowest BCUT2D eigenvalue weighted by Gasteiger charge is -2.15. The van der Waals surface area contributed by atoms with Crippen molar-refractivity contribution in [2.75, 3.05) is 6.54 Å². The highest BCUT2D eigenvalue weighted by atomic mass is 32.2. The van der Waals surface area contributed by atoms with Gasteiger partial charge in [-0.2, -0.15) is 0 Å². The van der Waals surface area contributed by atoms with Crippen molar-refractivity contribution in [2.45, 2.75) is 61.8 Å². The summed E-state index contributed by atoms with van der Waals surface area (Å²) in [7, 11) is -4.04. The first-order valence-corrected chi connectivity index (χ1v) is 13.3. The molecule has 7 heteroatoms. The lowest BCUT2D eigenvalue weighted by molar-refractivity contribution is -0.121. The van der Waals surface area contributed by atoms with E-state index in [-0.39, 0.29) is 22.2 Å². The Balaban J connectivity index is 1.68. The van der Waals surface area contributed by atoms with Crippen LogP contribution in [0, 0.1) is 0 Å². The molecule has 4 rings (SSSR count). The summed E-state index contributed by atoms with van der Waals surface area (Å²) in [5.41, 5.74) is 2.23. The average Bonchev–Trinajstić information content (AvgIpc) is 2.86. The molecule has 1 heterocycles. The minimum absolute atomic E-state index is 0.0508. The van der Waals surface area contributed by atoms with E-state index in [4.69, 9.17) is 0 Å². The van der Waals surface area contributed by atoms with Gasteiger partial charge in [0.2, 0.25) is 15.7 Å². The van der Waals surface area contributed by atoms with Gasteiger partial charge in [0.05, 0.1) is 10.4 Å². The van der Waals surface area contributed by atoms with Crippen molar-refractivity contribution in [2.24, 2.45) is 0 Å². The van der Waals surface area contributed by atoms with Crippen LogP contribution in [0.25, 0.3) is 10.9 Å². The smallest absolute Gasteiger partial charge is 0.270 e. The number of fused-ring (bicyclic) bond motifs is 1. The van der Waals surface area contributed by atoms with Crippen LogP contribution in [0.5, 0.6) is 0 Å². The molecule has 1 aliphatic carbocycles. The monoisotopic (exact) mass is 478 g/mol. The number of rotatable bonds is 8. The molecule has 34 heavy (non-hydrogen) atoms. The van der Waals surface area contributed by atoms with Gasteiger partial charge in [-0.1, -0.05) is 42.8 Å². The number of benzene rings is 2. The van der Waals surface area contributed by atoms with E-state index in [0.717, 1.165) is 31.2 Å². The van der Waals surface area contributed by atoms with Gasteiger partial charge in [-0.05, 0) is 74.4 Å². The van der Waals surface area contributed by atoms with Gasteiger partial charge in [-0.3, -0.25) is 14.2 Å². The summed E-state index contributed by atoms with van der Waals surface area (Å²) < 4.78 is 27.9. The van der Waals surface area contributed by atoms with E-state index in [0.29, 0.717) is 17.4 Å². The number of aryl methyl sites for hydroxylation is 1. The van der Waals surface area contributed by atoms with Crippen LogP contribution in [0.2, 0.25) is 0 Å². The zero-order valence-electron chi connectivity index (χ0n) is 19.4. The molecule has 0 saturated carbocycles. The third-order valence-electron chi connectivity index (χ3n) is 6.33. The highest BCUT2D eigenvalue weighted by molar-refractivity contribution is 7.91. The van der Waals surface area contributed by atoms with Gasteiger partial charge < -0.3 is 5.32 Å². The zero-order valence-corrected chi connectivity index (χ0v) is 20.2. The van der Waals surface area contributed by atoms with E-state index in [1.165, 1.54) is 41.2 Å². The van der Waals surface area contributed by atoms with Crippen LogP contribution in [-0.4, -0.2) is 25.4 Å². The molecule has 0 atom stereocenters. The first kappa shape index (κ1) is 24.0. The quantitative estimate of drug-likeness (QED) is 0.486. The van der Waals surface area contributed by atoms with Crippen LogP contribution >= 0.6 is 0 Å². The molecule has 0 saturated heterocycles. The molecule has 6 nitrogen and oxygen atoms in total. The number of nitrogens with one attached hydrogen (secondary N) is 1. The Morgan fingerprint density at radius 1 is 1.06 bits per heavy atom. The van der Waals surface area contributed by atoms with Gasteiger partial charge in [0, 0.05) is 11.9 Å². The number of aromatic nitrogens is 1. The van der Waals surface area contributed by atoms with Crippen molar-refractivity contribution in [1.29, 1.82) is 0 Å². The Kier molecular flexibility index (Phi) is 7.32. The minimum Gasteiger partial charge on any atom is -0.354 e. The Bertz CT molecular complexity index is 1390. The molecule has 0 bridgehead atoms. The number of allylic oxidation sites excluding steroid dienone is 1. The van der Waals surface area contributed by atoms with Crippen molar-refractivity contribution < 1.29 is 13.2 Å². The van der Waals surface area contributed by atoms with Gasteiger partial charge in [0.1, 0.15) is 11.4 Å². The standard InChI is InChI=1S/C27H30N2O4S/c1-2-20-13-14-24-22(17-20)18-25(34(32,33)23-11-7-4-8-12-23)27(31)29(24)19-26(30)28-16-15-21-9-5-3-6-10-21/h4,7-9,11-14,17-18H,2-3,5-6,10,15-16,19H2,1H3,(H,28,30). The molecule has 1 aliphatic rings. The number of carbonyl (C=O) groups is 1. The summed E-state index contributed by atoms with van der Waals surface area (Å²) in [5, 5.41) is 3.51. The Morgan fingerprint density at radius 2 is 1.85 bits per heavy atom. The van der Waals surface area contributed by atoms with Gasteiger partial charge in [0.25, 0.3) is 5.56 Å². The van der Waals surface area contributed by atoms with E-state index in [1.807, 2.05) is 19.1 Å². The molecule has 3 aromatic rings.